The third-order valence-corrected chi connectivity index (χ3v) is 9.01. The molecule has 1 aliphatic heterocycles. The van der Waals surface area contributed by atoms with Crippen LogP contribution >= 0.6 is 0 Å². The van der Waals surface area contributed by atoms with Crippen LogP contribution in [0.15, 0.2) is 65.0 Å². The lowest BCUT2D eigenvalue weighted by Gasteiger charge is -2.47. The Morgan fingerprint density at radius 3 is 1.91 bits per heavy atom. The van der Waals surface area contributed by atoms with Crippen molar-refractivity contribution in [2.75, 3.05) is 20.1 Å². The van der Waals surface area contributed by atoms with E-state index in [9.17, 15) is 43.1 Å². The van der Waals surface area contributed by atoms with Crippen molar-refractivity contribution in [3.05, 3.63) is 97.6 Å². The molecule has 0 spiro atoms. The molecule has 0 saturated carbocycles. The molecule has 0 saturated heterocycles. The molecule has 244 valence electrons. The molecule has 0 unspecified atom stereocenters. The van der Waals surface area contributed by atoms with E-state index in [1.165, 1.54) is 39.0 Å². The van der Waals surface area contributed by atoms with Crippen LogP contribution in [0.25, 0.3) is 0 Å². The number of nitrogens with zero attached hydrogens (tertiary/aromatic N) is 3. The highest BCUT2D eigenvalue weighted by atomic mass is 19.4. The van der Waals surface area contributed by atoms with Gasteiger partial charge in [0.2, 0.25) is 5.82 Å². The second kappa shape index (κ2) is 13.0. The Kier molecular flexibility index (Phi) is 10.2. The quantitative estimate of drug-likeness (QED) is 0.145. The van der Waals surface area contributed by atoms with Crippen LogP contribution in [0.4, 0.5) is 23.2 Å². The number of alkyl halides is 3. The van der Waals surface area contributed by atoms with E-state index in [-0.39, 0.29) is 17.9 Å². The van der Waals surface area contributed by atoms with Gasteiger partial charge < -0.3 is 20.0 Å². The number of nitro benzene ring substituents is 1. The van der Waals surface area contributed by atoms with Crippen LogP contribution in [0, 0.1) is 21.3 Å². The predicted octanol–water partition coefficient (Wildman–Crippen LogP) is 6.98. The van der Waals surface area contributed by atoms with Crippen molar-refractivity contribution in [2.45, 2.75) is 65.6 Å². The zero-order valence-electron chi connectivity index (χ0n) is 26.0. The molecule has 0 atom stereocenters. The van der Waals surface area contributed by atoms with E-state index in [4.69, 9.17) is 0 Å². The first kappa shape index (κ1) is 35.2. The van der Waals surface area contributed by atoms with Crippen LogP contribution in [0.3, 0.4) is 0 Å². The van der Waals surface area contributed by atoms with Crippen molar-refractivity contribution in [3.63, 3.8) is 0 Å². The van der Waals surface area contributed by atoms with Gasteiger partial charge in [0.1, 0.15) is 0 Å². The Morgan fingerprint density at radius 1 is 0.978 bits per heavy atom. The van der Waals surface area contributed by atoms with Crippen molar-refractivity contribution >= 4 is 17.6 Å². The Balaban J connectivity index is 2.09. The average molecular weight is 636 g/mol. The van der Waals surface area contributed by atoms with Gasteiger partial charge in [-0.25, -0.2) is 9.59 Å². The predicted molar refractivity (Wildman–Crippen MR) is 159 cm³/mol. The molecule has 0 bridgehead atoms. The maximum atomic E-state index is 15.6. The van der Waals surface area contributed by atoms with Gasteiger partial charge in [0, 0.05) is 48.1 Å². The SMILES string of the molecule is CCC(CC)(CN(C)Cc1ccc(C(F)(F)F)cc1)CN1C(C)=C(C(=O)O)C(C)(c2cccc([N+](=O)[O-])c2F)C(C(=O)O)=C1C. The van der Waals surface area contributed by atoms with Crippen molar-refractivity contribution in [1.82, 2.24) is 9.80 Å². The van der Waals surface area contributed by atoms with Crippen LogP contribution in [0.2, 0.25) is 0 Å². The summed E-state index contributed by atoms with van der Waals surface area (Å²) in [7, 11) is 1.81. The molecule has 0 fully saturated rings. The number of benzene rings is 2. The lowest BCUT2D eigenvalue weighted by Crippen LogP contribution is -2.49. The highest BCUT2D eigenvalue weighted by Crippen LogP contribution is 2.49. The molecule has 0 aromatic heterocycles. The van der Waals surface area contributed by atoms with Crippen LogP contribution < -0.4 is 0 Å². The highest BCUT2D eigenvalue weighted by Gasteiger charge is 2.51. The van der Waals surface area contributed by atoms with E-state index >= 15 is 4.39 Å². The van der Waals surface area contributed by atoms with Crippen LogP contribution in [-0.2, 0) is 27.7 Å². The van der Waals surface area contributed by atoms with Gasteiger partial charge in [-0.15, -0.1) is 0 Å². The summed E-state index contributed by atoms with van der Waals surface area (Å²) in [6.45, 7) is 9.07. The number of carbonyl (C=O) groups is 2. The normalized spacial score (nSPS) is 15.6. The number of rotatable bonds is 12. The van der Waals surface area contributed by atoms with Crippen LogP contribution in [0.1, 0.15) is 64.2 Å². The van der Waals surface area contributed by atoms with Crippen molar-refractivity contribution in [3.8, 4) is 0 Å². The molecule has 13 heteroatoms. The van der Waals surface area contributed by atoms with Crippen LogP contribution in [-0.4, -0.2) is 57.0 Å². The zero-order chi connectivity index (χ0) is 34.1. The standard InChI is InChI=1S/C32H37F4N3O6/c1-7-31(8-2,17-37(6)16-21-12-14-22(15-13-21)32(34,35)36)18-38-19(3)25(28(40)41)30(5,26(20(38)4)29(42)43)23-10-9-11-24(27(23)33)39(44)45/h9-15H,7-8,16-18H2,1-6H3,(H,40,41)(H,42,43). The number of carboxylic acids is 2. The summed E-state index contributed by atoms with van der Waals surface area (Å²) < 4.78 is 54.6. The second-order valence-corrected chi connectivity index (χ2v) is 11.7. The van der Waals surface area contributed by atoms with Crippen molar-refractivity contribution in [1.29, 1.82) is 0 Å². The number of allylic oxidation sites excluding steroid dienone is 2. The monoisotopic (exact) mass is 635 g/mol. The molecule has 2 aromatic rings. The Bertz CT molecular complexity index is 1510. The summed E-state index contributed by atoms with van der Waals surface area (Å²) in [4.78, 5) is 39.8. The topological polar surface area (TPSA) is 124 Å². The van der Waals surface area contributed by atoms with Gasteiger partial charge in [-0.3, -0.25) is 10.1 Å². The minimum atomic E-state index is -4.45. The minimum absolute atomic E-state index is 0.162. The Labute approximate surface area is 258 Å². The molecule has 1 heterocycles. The Morgan fingerprint density at radius 2 is 1.49 bits per heavy atom. The molecule has 2 aromatic carbocycles. The number of carboxylic acid groups (broad SMARTS) is 2. The molecular weight excluding hydrogens is 598 g/mol. The first-order valence-electron chi connectivity index (χ1n) is 14.3. The van der Waals surface area contributed by atoms with Crippen molar-refractivity contribution in [2.24, 2.45) is 5.41 Å². The third-order valence-electron chi connectivity index (χ3n) is 9.01. The summed E-state index contributed by atoms with van der Waals surface area (Å²) in [6.07, 6.45) is -3.28. The molecule has 9 nitrogen and oxygen atoms in total. The van der Waals surface area contributed by atoms with Gasteiger partial charge in [-0.1, -0.05) is 38.1 Å². The maximum absolute atomic E-state index is 15.6. The molecule has 1 aliphatic rings. The van der Waals surface area contributed by atoms with Crippen molar-refractivity contribution < 1.29 is 42.3 Å². The lowest BCUT2D eigenvalue weighted by atomic mass is 9.66. The van der Waals surface area contributed by atoms with E-state index in [2.05, 4.69) is 0 Å². The molecule has 2 N–H and O–H groups in total. The fraction of sp³-hybridized carbons (Fsp3) is 0.438. The van der Waals surface area contributed by atoms with Gasteiger partial charge >= 0.3 is 23.8 Å². The molecule has 0 amide bonds. The number of aliphatic carboxylic acids is 2. The van der Waals surface area contributed by atoms with Gasteiger partial charge in [0.25, 0.3) is 0 Å². The Hall–Kier alpha value is -4.26. The smallest absolute Gasteiger partial charge is 0.416 e. The summed E-state index contributed by atoms with van der Waals surface area (Å²) in [5.41, 5.74) is -4.60. The van der Waals surface area contributed by atoms with Gasteiger partial charge in [0.05, 0.1) is 27.0 Å². The molecule has 0 aliphatic carbocycles. The van der Waals surface area contributed by atoms with E-state index in [1.807, 2.05) is 25.8 Å². The first-order valence-corrected chi connectivity index (χ1v) is 14.3. The fourth-order valence-corrected chi connectivity index (χ4v) is 6.48. The second-order valence-electron chi connectivity index (χ2n) is 11.7. The van der Waals surface area contributed by atoms with Gasteiger partial charge in [-0.2, -0.15) is 17.6 Å². The minimum Gasteiger partial charge on any atom is -0.478 e. The van der Waals surface area contributed by atoms with E-state index in [0.717, 1.165) is 24.3 Å². The summed E-state index contributed by atoms with van der Waals surface area (Å²) in [5, 5.41) is 32.4. The van der Waals surface area contributed by atoms with E-state index in [0.29, 0.717) is 31.5 Å². The lowest BCUT2D eigenvalue weighted by molar-refractivity contribution is -0.387. The summed E-state index contributed by atoms with van der Waals surface area (Å²) >= 11 is 0. The molecule has 0 radical (unpaired) electrons. The molecular formula is C32H37F4N3O6. The van der Waals surface area contributed by atoms with Crippen LogP contribution in [0.5, 0.6) is 0 Å². The fourth-order valence-electron chi connectivity index (χ4n) is 6.48. The van der Waals surface area contributed by atoms with Gasteiger partial charge in [-0.05, 0) is 58.4 Å². The number of halogens is 4. The maximum Gasteiger partial charge on any atom is 0.416 e. The number of nitro groups is 1. The summed E-state index contributed by atoms with van der Waals surface area (Å²) in [5.74, 6) is -4.33. The highest BCUT2D eigenvalue weighted by molar-refractivity contribution is 6.00. The number of hydrogen-bond acceptors (Lipinski definition) is 6. The largest absolute Gasteiger partial charge is 0.478 e. The third kappa shape index (κ3) is 6.73. The van der Waals surface area contributed by atoms with E-state index < -0.39 is 67.6 Å². The van der Waals surface area contributed by atoms with E-state index in [1.54, 1.807) is 4.90 Å². The average Bonchev–Trinajstić information content (AvgIpc) is 2.93. The molecule has 3 rings (SSSR count). The summed E-state index contributed by atoms with van der Waals surface area (Å²) in [6, 6.07) is 8.13. The first-order chi connectivity index (χ1) is 20.8. The van der Waals surface area contributed by atoms with Gasteiger partial charge in [0.15, 0.2) is 0 Å². The zero-order valence-corrected chi connectivity index (χ0v) is 26.0. The number of hydrogen-bond donors (Lipinski definition) is 2. The molecule has 45 heavy (non-hydrogen) atoms.